The maximum Gasteiger partial charge on any atom is 0.400 e. The molecule has 2 rings (SSSR count). The van der Waals surface area contributed by atoms with Gasteiger partial charge in [0, 0.05) is 0 Å². The molecule has 0 spiro atoms. The van der Waals surface area contributed by atoms with Gasteiger partial charge >= 0.3 is 10.4 Å². The van der Waals surface area contributed by atoms with E-state index in [-0.39, 0.29) is 26.4 Å². The van der Waals surface area contributed by atoms with Gasteiger partial charge in [-0.15, -0.1) is 0 Å². The minimum atomic E-state index is -4.34. The number of rotatable bonds is 16. The molecule has 3 atom stereocenters. The summed E-state index contributed by atoms with van der Waals surface area (Å²) in [5, 5.41) is 19.7. The highest BCUT2D eigenvalue weighted by Gasteiger charge is 2.56. The van der Waals surface area contributed by atoms with E-state index in [1.165, 1.54) is 38.5 Å². The molecule has 2 heterocycles. The predicted molar refractivity (Wildman–Crippen MR) is 109 cm³/mol. The number of aliphatic hydroxyl groups is 2. The van der Waals surface area contributed by atoms with E-state index < -0.39 is 41.1 Å². The maximum absolute atomic E-state index is 12.2. The zero-order valence-corrected chi connectivity index (χ0v) is 18.8. The van der Waals surface area contributed by atoms with Gasteiger partial charge in [-0.05, 0) is 6.42 Å². The molecule has 2 saturated heterocycles. The molecule has 0 saturated carbocycles. The molecule has 2 N–H and O–H groups in total. The Morgan fingerprint density at radius 2 is 1.53 bits per heavy atom. The lowest BCUT2D eigenvalue weighted by Gasteiger charge is -2.33. The monoisotopic (exact) mass is 454 g/mol. The standard InChI is InChI=1S/C20H38O9S/c1-2-3-4-5-6-7-8-9-10-11-12-28-30(23,24)29-18-17(22)15-25-19(18)20(16-21)26-13-14-27-20/h17-19,21-22H,2-16H2,1H3/t17-,18+,19-/m0/s1. The van der Waals surface area contributed by atoms with Gasteiger partial charge in [0.1, 0.15) is 24.9 Å². The van der Waals surface area contributed by atoms with Crippen molar-refractivity contribution in [2.75, 3.05) is 33.0 Å². The minimum absolute atomic E-state index is 0.0192. The van der Waals surface area contributed by atoms with E-state index in [0.29, 0.717) is 6.42 Å². The molecular formula is C20H38O9S. The van der Waals surface area contributed by atoms with E-state index in [1.54, 1.807) is 0 Å². The summed E-state index contributed by atoms with van der Waals surface area (Å²) in [7, 11) is -4.34. The Morgan fingerprint density at radius 1 is 0.967 bits per heavy atom. The first-order valence-electron chi connectivity index (χ1n) is 11.2. The number of hydrogen-bond acceptors (Lipinski definition) is 9. The molecule has 0 aromatic heterocycles. The summed E-state index contributed by atoms with van der Waals surface area (Å²) in [5.74, 6) is -1.55. The number of ether oxygens (including phenoxy) is 3. The van der Waals surface area contributed by atoms with Crippen molar-refractivity contribution >= 4 is 10.4 Å². The first-order valence-corrected chi connectivity index (χ1v) is 12.5. The number of aliphatic hydroxyl groups excluding tert-OH is 2. The molecule has 178 valence electrons. The molecule has 0 aromatic carbocycles. The second kappa shape index (κ2) is 13.3. The second-order valence-corrected chi connectivity index (χ2v) is 9.21. The van der Waals surface area contributed by atoms with E-state index in [0.717, 1.165) is 19.3 Å². The quantitative estimate of drug-likeness (QED) is 0.338. The summed E-state index contributed by atoms with van der Waals surface area (Å²) >= 11 is 0. The van der Waals surface area contributed by atoms with E-state index in [2.05, 4.69) is 6.92 Å². The Labute approximate surface area is 180 Å². The van der Waals surface area contributed by atoms with Crippen molar-refractivity contribution in [1.29, 1.82) is 0 Å². The summed E-state index contributed by atoms with van der Waals surface area (Å²) in [6, 6.07) is 0. The molecule has 10 heteroatoms. The smallest absolute Gasteiger partial charge is 0.391 e. The summed E-state index contributed by atoms with van der Waals surface area (Å²) in [6.07, 6.45) is 7.73. The highest BCUT2D eigenvalue weighted by molar-refractivity contribution is 7.81. The zero-order valence-electron chi connectivity index (χ0n) is 18.0. The summed E-state index contributed by atoms with van der Waals surface area (Å²) < 4.78 is 50.6. The van der Waals surface area contributed by atoms with Crippen molar-refractivity contribution < 1.29 is 41.2 Å². The van der Waals surface area contributed by atoms with Crippen molar-refractivity contribution in [3.8, 4) is 0 Å². The first kappa shape index (κ1) is 25.9. The summed E-state index contributed by atoms with van der Waals surface area (Å²) in [4.78, 5) is 0. The normalized spacial score (nSPS) is 26.4. The largest absolute Gasteiger partial charge is 0.400 e. The third-order valence-corrected chi connectivity index (χ3v) is 6.42. The highest BCUT2D eigenvalue weighted by atomic mass is 32.3. The van der Waals surface area contributed by atoms with Crippen LogP contribution < -0.4 is 0 Å². The molecule has 30 heavy (non-hydrogen) atoms. The Balaban J connectivity index is 1.65. The molecule has 0 radical (unpaired) electrons. The number of unbranched alkanes of at least 4 members (excludes halogenated alkanes) is 9. The predicted octanol–water partition coefficient (Wildman–Crippen LogP) is 2.05. The second-order valence-electron chi connectivity index (χ2n) is 7.96. The van der Waals surface area contributed by atoms with Crippen molar-refractivity contribution in [3.05, 3.63) is 0 Å². The van der Waals surface area contributed by atoms with Crippen LogP contribution >= 0.6 is 0 Å². The zero-order chi connectivity index (χ0) is 21.9. The van der Waals surface area contributed by atoms with Crippen molar-refractivity contribution in [2.45, 2.75) is 95.2 Å². The Kier molecular flexibility index (Phi) is 11.5. The molecule has 9 nitrogen and oxygen atoms in total. The molecule has 0 unspecified atom stereocenters. The van der Waals surface area contributed by atoms with Crippen LogP contribution in [-0.4, -0.2) is 75.8 Å². The van der Waals surface area contributed by atoms with Crippen molar-refractivity contribution in [1.82, 2.24) is 0 Å². The van der Waals surface area contributed by atoms with Crippen LogP contribution in [0, 0.1) is 0 Å². The van der Waals surface area contributed by atoms with Crippen LogP contribution in [0.3, 0.4) is 0 Å². The lowest BCUT2D eigenvalue weighted by atomic mass is 10.0. The van der Waals surface area contributed by atoms with Crippen LogP contribution in [0.4, 0.5) is 0 Å². The van der Waals surface area contributed by atoms with Crippen LogP contribution in [0.1, 0.15) is 71.1 Å². The fourth-order valence-corrected chi connectivity index (χ4v) is 4.69. The van der Waals surface area contributed by atoms with Gasteiger partial charge in [-0.2, -0.15) is 8.42 Å². The molecule has 0 amide bonds. The lowest BCUT2D eigenvalue weighted by molar-refractivity contribution is -0.252. The Morgan fingerprint density at radius 3 is 2.10 bits per heavy atom. The molecule has 0 bridgehead atoms. The molecule has 2 fully saturated rings. The number of hydrogen-bond donors (Lipinski definition) is 2. The average Bonchev–Trinajstić information content (AvgIpc) is 3.34. The first-order chi connectivity index (χ1) is 14.4. The van der Waals surface area contributed by atoms with E-state index >= 15 is 0 Å². The maximum atomic E-state index is 12.2. The Hall–Kier alpha value is -0.330. The van der Waals surface area contributed by atoms with E-state index in [4.69, 9.17) is 22.6 Å². The molecular weight excluding hydrogens is 416 g/mol. The summed E-state index contributed by atoms with van der Waals surface area (Å²) in [6.45, 7) is 1.97. The fraction of sp³-hybridized carbons (Fsp3) is 1.00. The molecule has 2 aliphatic heterocycles. The van der Waals surface area contributed by atoms with Gasteiger partial charge in [0.05, 0.1) is 26.4 Å². The van der Waals surface area contributed by atoms with Crippen LogP contribution in [0.5, 0.6) is 0 Å². The SMILES string of the molecule is CCCCCCCCCCCCOS(=O)(=O)O[C@@H]1[C@@H](O)CO[C@@H]1C1(CO)OCCO1. The lowest BCUT2D eigenvalue weighted by Crippen LogP contribution is -2.54. The van der Waals surface area contributed by atoms with Gasteiger partial charge in [0.2, 0.25) is 5.79 Å². The fourth-order valence-electron chi connectivity index (χ4n) is 3.82. The van der Waals surface area contributed by atoms with Crippen LogP contribution in [0.2, 0.25) is 0 Å². The topological polar surface area (TPSA) is 121 Å². The van der Waals surface area contributed by atoms with Gasteiger partial charge in [-0.3, -0.25) is 0 Å². The van der Waals surface area contributed by atoms with E-state index in [1.807, 2.05) is 0 Å². The van der Waals surface area contributed by atoms with Crippen LogP contribution in [-0.2, 0) is 33.0 Å². The van der Waals surface area contributed by atoms with Gasteiger partial charge < -0.3 is 24.4 Å². The Bertz CT molecular complexity index is 563. The highest BCUT2D eigenvalue weighted by Crippen LogP contribution is 2.34. The van der Waals surface area contributed by atoms with Gasteiger partial charge in [0.25, 0.3) is 0 Å². The average molecular weight is 455 g/mol. The molecule has 2 aliphatic rings. The minimum Gasteiger partial charge on any atom is -0.391 e. The van der Waals surface area contributed by atoms with Gasteiger partial charge in [-0.25, -0.2) is 8.37 Å². The summed E-state index contributed by atoms with van der Waals surface area (Å²) in [5.41, 5.74) is 0. The van der Waals surface area contributed by atoms with Gasteiger partial charge in [-0.1, -0.05) is 64.7 Å². The third-order valence-electron chi connectivity index (χ3n) is 5.51. The molecule has 0 aliphatic carbocycles. The molecule has 0 aromatic rings. The van der Waals surface area contributed by atoms with E-state index in [9.17, 15) is 18.6 Å². The van der Waals surface area contributed by atoms with Crippen LogP contribution in [0.15, 0.2) is 0 Å². The van der Waals surface area contributed by atoms with Crippen molar-refractivity contribution in [3.63, 3.8) is 0 Å². The third kappa shape index (κ3) is 7.98. The van der Waals surface area contributed by atoms with Crippen molar-refractivity contribution in [2.24, 2.45) is 0 Å². The van der Waals surface area contributed by atoms with Crippen LogP contribution in [0.25, 0.3) is 0 Å². The van der Waals surface area contributed by atoms with Gasteiger partial charge in [0.15, 0.2) is 0 Å².